The summed E-state index contributed by atoms with van der Waals surface area (Å²) >= 11 is 7.21. The molecule has 0 heterocycles. The molecule has 2 unspecified atom stereocenters. The molecule has 0 amide bonds. The normalized spacial score (nSPS) is 12.7. The minimum Gasteiger partial charge on any atom is -0.393 e. The highest BCUT2D eigenvalue weighted by molar-refractivity contribution is 7.35. The lowest BCUT2D eigenvalue weighted by Gasteiger charge is -2.38. The minimum absolute atomic E-state index is 0.0667. The van der Waals surface area contributed by atoms with Crippen LogP contribution in [0.3, 0.4) is 0 Å². The van der Waals surface area contributed by atoms with Crippen molar-refractivity contribution in [2.45, 2.75) is 91.2 Å². The molecule has 0 bridgehead atoms. The van der Waals surface area contributed by atoms with E-state index >= 15 is 0 Å². The fourth-order valence-electron chi connectivity index (χ4n) is 3.43. The topological polar surface area (TPSA) is 20.2 Å². The van der Waals surface area contributed by atoms with E-state index in [0.717, 1.165) is 18.8 Å². The highest BCUT2D eigenvalue weighted by Crippen LogP contribution is 2.38. The third-order valence-electron chi connectivity index (χ3n) is 6.03. The number of terminal acetylenes is 1. The lowest BCUT2D eigenvalue weighted by molar-refractivity contribution is 0.162. The van der Waals surface area contributed by atoms with Crippen LogP contribution in [0.5, 0.6) is 0 Å². The van der Waals surface area contributed by atoms with E-state index in [4.69, 9.17) is 22.6 Å². The van der Waals surface area contributed by atoms with E-state index in [2.05, 4.69) is 95.6 Å². The van der Waals surface area contributed by atoms with E-state index in [9.17, 15) is 0 Å². The van der Waals surface area contributed by atoms with Crippen molar-refractivity contribution in [3.8, 4) is 12.3 Å². The second kappa shape index (κ2) is 17.6. The van der Waals surface area contributed by atoms with Crippen LogP contribution in [0.25, 0.3) is 0 Å². The van der Waals surface area contributed by atoms with Gasteiger partial charge in [-0.1, -0.05) is 115 Å². The van der Waals surface area contributed by atoms with Gasteiger partial charge in [0.25, 0.3) is 0 Å². The first-order chi connectivity index (χ1) is 16.1. The third kappa shape index (κ3) is 11.6. The molecule has 0 aromatic heterocycles. The summed E-state index contributed by atoms with van der Waals surface area (Å²) in [5.41, 5.74) is 0. The zero-order valence-corrected chi connectivity index (χ0v) is 24.1. The molecule has 0 aliphatic rings. The summed E-state index contributed by atoms with van der Waals surface area (Å²) in [4.78, 5) is 0. The van der Waals surface area contributed by atoms with Crippen LogP contribution in [0.1, 0.15) is 80.1 Å². The van der Waals surface area contributed by atoms with Gasteiger partial charge in [0.1, 0.15) is 0 Å². The lowest BCUT2D eigenvalue weighted by Crippen LogP contribution is -2.59. The number of benzene rings is 2. The Kier molecular flexibility index (Phi) is 16.7. The Morgan fingerprint density at radius 2 is 1.44 bits per heavy atom. The SMILES string of the molecule is C#CCCC(O)CC.C=CCCC(C)CC.CC(C)(C)[Si](Cl)(c1ccccc1)c1ccccc1. The molecule has 0 saturated carbocycles. The predicted octanol–water partition coefficient (Wildman–Crippen LogP) is 7.95. The second-order valence-electron chi connectivity index (χ2n) is 9.82. The predicted molar refractivity (Wildman–Crippen MR) is 157 cm³/mol. The molecule has 188 valence electrons. The summed E-state index contributed by atoms with van der Waals surface area (Å²) in [6.45, 7) is 16.9. The Hall–Kier alpha value is -1.79. The smallest absolute Gasteiger partial charge is 0.222 e. The molecule has 1 N–H and O–H groups in total. The van der Waals surface area contributed by atoms with Crippen molar-refractivity contribution in [1.82, 2.24) is 0 Å². The van der Waals surface area contributed by atoms with Crippen molar-refractivity contribution in [3.05, 3.63) is 73.3 Å². The van der Waals surface area contributed by atoms with Crippen molar-refractivity contribution in [2.75, 3.05) is 0 Å². The Morgan fingerprint density at radius 3 is 1.76 bits per heavy atom. The van der Waals surface area contributed by atoms with Crippen LogP contribution in [0, 0.1) is 18.3 Å². The molecule has 0 aliphatic heterocycles. The molecule has 2 rings (SSSR count). The average Bonchev–Trinajstić information content (AvgIpc) is 2.86. The van der Waals surface area contributed by atoms with Crippen LogP contribution >= 0.6 is 11.1 Å². The van der Waals surface area contributed by atoms with Crippen molar-refractivity contribution in [2.24, 2.45) is 5.92 Å². The fraction of sp³-hybridized carbons (Fsp3) is 0.484. The first-order valence-electron chi connectivity index (χ1n) is 12.6. The van der Waals surface area contributed by atoms with Crippen LogP contribution in [0.15, 0.2) is 73.3 Å². The Morgan fingerprint density at radius 1 is 0.971 bits per heavy atom. The molecule has 34 heavy (non-hydrogen) atoms. The lowest BCUT2D eigenvalue weighted by atomic mass is 10.0. The van der Waals surface area contributed by atoms with Crippen LogP contribution in [0.4, 0.5) is 0 Å². The zero-order valence-electron chi connectivity index (χ0n) is 22.4. The quantitative estimate of drug-likeness (QED) is 0.161. The van der Waals surface area contributed by atoms with Crippen LogP contribution in [-0.2, 0) is 0 Å². The van der Waals surface area contributed by atoms with Crippen LogP contribution < -0.4 is 10.4 Å². The highest BCUT2D eigenvalue weighted by Gasteiger charge is 2.46. The van der Waals surface area contributed by atoms with Crippen molar-refractivity contribution >= 4 is 28.8 Å². The molecule has 2 aromatic carbocycles. The second-order valence-corrected chi connectivity index (χ2v) is 15.5. The molecule has 0 fully saturated rings. The van der Waals surface area contributed by atoms with Gasteiger partial charge in [0.15, 0.2) is 0 Å². The maximum Gasteiger partial charge on any atom is 0.222 e. The summed E-state index contributed by atoms with van der Waals surface area (Å²) in [7, 11) is -2.23. The van der Waals surface area contributed by atoms with E-state index in [0.29, 0.717) is 6.42 Å². The molecular weight excluding hydrogens is 452 g/mol. The Balaban J connectivity index is 0.000000570. The Bertz CT molecular complexity index is 765. The molecule has 0 spiro atoms. The maximum atomic E-state index is 8.89. The largest absolute Gasteiger partial charge is 0.393 e. The van der Waals surface area contributed by atoms with Gasteiger partial charge in [0.05, 0.1) is 6.10 Å². The summed E-state index contributed by atoms with van der Waals surface area (Å²) in [6.07, 6.45) is 12.8. The number of allylic oxidation sites excluding steroid dienone is 1. The number of aliphatic hydroxyl groups excluding tert-OH is 1. The monoisotopic (exact) mass is 498 g/mol. The summed E-state index contributed by atoms with van der Waals surface area (Å²) in [5, 5.41) is 11.5. The molecule has 2 aromatic rings. The molecule has 0 saturated heterocycles. The van der Waals surface area contributed by atoms with Gasteiger partial charge in [-0.25, -0.2) is 0 Å². The number of hydrogen-bond acceptors (Lipinski definition) is 1. The number of rotatable bonds is 9. The molecular formula is C31H47ClOSi. The van der Waals surface area contributed by atoms with E-state index in [1.807, 2.05) is 25.1 Å². The van der Waals surface area contributed by atoms with Gasteiger partial charge < -0.3 is 5.11 Å². The minimum atomic E-state index is -2.23. The third-order valence-corrected chi connectivity index (χ3v) is 13.4. The van der Waals surface area contributed by atoms with E-state index in [-0.39, 0.29) is 11.1 Å². The molecule has 3 heteroatoms. The molecule has 0 aliphatic carbocycles. The van der Waals surface area contributed by atoms with Crippen molar-refractivity contribution in [3.63, 3.8) is 0 Å². The Labute approximate surface area is 216 Å². The van der Waals surface area contributed by atoms with Crippen molar-refractivity contribution in [1.29, 1.82) is 0 Å². The van der Waals surface area contributed by atoms with Crippen molar-refractivity contribution < 1.29 is 5.11 Å². The first kappa shape index (κ1) is 32.2. The van der Waals surface area contributed by atoms with Gasteiger partial charge in [-0.3, -0.25) is 0 Å². The van der Waals surface area contributed by atoms with Gasteiger partial charge in [-0.15, -0.1) is 18.9 Å². The summed E-state index contributed by atoms with van der Waals surface area (Å²) in [6, 6.07) is 21.1. The van der Waals surface area contributed by atoms with Gasteiger partial charge in [-0.2, -0.15) is 11.1 Å². The number of hydrogen-bond donors (Lipinski definition) is 1. The maximum absolute atomic E-state index is 8.89. The van der Waals surface area contributed by atoms with Crippen LogP contribution in [0.2, 0.25) is 5.04 Å². The van der Waals surface area contributed by atoms with Gasteiger partial charge >= 0.3 is 0 Å². The van der Waals surface area contributed by atoms with E-state index in [1.54, 1.807) is 0 Å². The summed E-state index contributed by atoms with van der Waals surface area (Å²) < 4.78 is 0. The highest BCUT2D eigenvalue weighted by atomic mass is 35.6. The molecule has 0 radical (unpaired) electrons. The fourth-order valence-corrected chi connectivity index (χ4v) is 7.55. The molecule has 1 nitrogen and oxygen atoms in total. The standard InChI is InChI=1S/C16H19ClSi.C8H16.C7H12O/c1-16(2,3)18(17,14-10-6-4-7-11-14)15-12-8-5-9-13-15;1-4-6-7-8(3)5-2;1-3-5-6-7(8)4-2/h4-13H,1-3H3;4,8H,1,5-7H2,2-3H3;1,7-8H,4-6H2,2H3. The zero-order chi connectivity index (χ0) is 26.0. The van der Waals surface area contributed by atoms with Crippen LogP contribution in [-0.4, -0.2) is 18.6 Å². The number of aliphatic hydroxyl groups is 1. The number of halogens is 1. The molecule has 2 atom stereocenters. The van der Waals surface area contributed by atoms with Gasteiger partial charge in [0, 0.05) is 6.42 Å². The van der Waals surface area contributed by atoms with Gasteiger partial charge in [-0.05, 0) is 47.0 Å². The average molecular weight is 499 g/mol. The summed E-state index contributed by atoms with van der Waals surface area (Å²) in [5.74, 6) is 3.36. The first-order valence-corrected chi connectivity index (χ1v) is 15.6. The van der Waals surface area contributed by atoms with Gasteiger partial charge in [0.2, 0.25) is 7.38 Å². The van der Waals surface area contributed by atoms with E-state index in [1.165, 1.54) is 29.6 Å². The van der Waals surface area contributed by atoms with E-state index < -0.39 is 7.38 Å².